The lowest BCUT2D eigenvalue weighted by atomic mass is 10.0. The highest BCUT2D eigenvalue weighted by Crippen LogP contribution is 2.36. The van der Waals surface area contributed by atoms with Crippen LogP contribution in [0.5, 0.6) is 5.75 Å². The van der Waals surface area contributed by atoms with Crippen LogP contribution in [0.15, 0.2) is 48.2 Å². The lowest BCUT2D eigenvalue weighted by Gasteiger charge is -2.34. The van der Waals surface area contributed by atoms with Gasteiger partial charge < -0.3 is 14.5 Å². The van der Waals surface area contributed by atoms with Crippen molar-refractivity contribution in [2.75, 3.05) is 38.1 Å². The minimum absolute atomic E-state index is 0.0532. The van der Waals surface area contributed by atoms with E-state index >= 15 is 0 Å². The van der Waals surface area contributed by atoms with Gasteiger partial charge in [-0.25, -0.2) is 4.90 Å². The Morgan fingerprint density at radius 1 is 0.938 bits per heavy atom. The summed E-state index contributed by atoms with van der Waals surface area (Å²) in [6.07, 6.45) is 0.0532. The van der Waals surface area contributed by atoms with Gasteiger partial charge in [0, 0.05) is 31.2 Å². The van der Waals surface area contributed by atoms with Crippen LogP contribution in [-0.2, 0) is 9.59 Å². The number of ether oxygens (including phenoxy) is 1. The van der Waals surface area contributed by atoms with Crippen molar-refractivity contribution < 1.29 is 14.3 Å². The van der Waals surface area contributed by atoms with Crippen LogP contribution < -0.4 is 9.64 Å². The zero-order valence-corrected chi connectivity index (χ0v) is 19.6. The second-order valence-electron chi connectivity index (χ2n) is 8.58. The number of carbonyl (C=O) groups is 2. The summed E-state index contributed by atoms with van der Waals surface area (Å²) in [7, 11) is 2.06. The third kappa shape index (κ3) is 4.25. The molecule has 0 aromatic heterocycles. The summed E-state index contributed by atoms with van der Waals surface area (Å²) >= 11 is 6.31. The fourth-order valence-electron chi connectivity index (χ4n) is 4.03. The molecular formula is C25H28ClN3O3. The molecule has 7 heteroatoms. The van der Waals surface area contributed by atoms with Crippen LogP contribution in [0.2, 0.25) is 5.02 Å². The van der Waals surface area contributed by atoms with E-state index in [2.05, 4.69) is 11.9 Å². The molecule has 2 aliphatic heterocycles. The highest BCUT2D eigenvalue weighted by molar-refractivity contribution is 6.45. The number of imide groups is 1. The van der Waals surface area contributed by atoms with Gasteiger partial charge in [0.2, 0.25) is 0 Å². The SMILES string of the molecule is Cc1ccc(N2C(=O)C(c3ccc(OC(C)C)cc3)=C(N3CCN(C)CC3)C2=O)cc1Cl. The Balaban J connectivity index is 1.76. The zero-order chi connectivity index (χ0) is 23.0. The van der Waals surface area contributed by atoms with Crippen molar-refractivity contribution in [1.29, 1.82) is 0 Å². The van der Waals surface area contributed by atoms with E-state index in [1.54, 1.807) is 12.1 Å². The van der Waals surface area contributed by atoms with Crippen molar-refractivity contribution in [3.05, 3.63) is 64.3 Å². The summed E-state index contributed by atoms with van der Waals surface area (Å²) in [6.45, 7) is 8.85. The molecule has 1 fully saturated rings. The van der Waals surface area contributed by atoms with Crippen LogP contribution >= 0.6 is 11.6 Å². The van der Waals surface area contributed by atoms with Gasteiger partial charge in [0.15, 0.2) is 0 Å². The number of rotatable bonds is 5. The Bertz CT molecular complexity index is 1070. The highest BCUT2D eigenvalue weighted by Gasteiger charge is 2.43. The average molecular weight is 454 g/mol. The minimum atomic E-state index is -0.332. The number of likely N-dealkylation sites (N-methyl/N-ethyl adjacent to an activating group) is 1. The first-order valence-electron chi connectivity index (χ1n) is 10.9. The molecule has 2 amide bonds. The molecule has 2 aromatic rings. The molecule has 0 aliphatic carbocycles. The van der Waals surface area contributed by atoms with Crippen molar-refractivity contribution in [2.24, 2.45) is 0 Å². The van der Waals surface area contributed by atoms with Gasteiger partial charge in [0.1, 0.15) is 11.4 Å². The predicted molar refractivity (Wildman–Crippen MR) is 127 cm³/mol. The van der Waals surface area contributed by atoms with Crippen LogP contribution in [0.25, 0.3) is 5.57 Å². The first-order valence-corrected chi connectivity index (χ1v) is 11.2. The van der Waals surface area contributed by atoms with Gasteiger partial charge >= 0.3 is 0 Å². The van der Waals surface area contributed by atoms with Crippen molar-refractivity contribution in [1.82, 2.24) is 9.80 Å². The van der Waals surface area contributed by atoms with Crippen LogP contribution in [0.4, 0.5) is 5.69 Å². The summed E-state index contributed by atoms with van der Waals surface area (Å²) in [5.41, 5.74) is 2.96. The fourth-order valence-corrected chi connectivity index (χ4v) is 4.20. The number of hydrogen-bond donors (Lipinski definition) is 0. The van der Waals surface area contributed by atoms with Gasteiger partial charge in [-0.3, -0.25) is 9.59 Å². The number of benzene rings is 2. The molecule has 0 N–H and O–H groups in total. The van der Waals surface area contributed by atoms with Crippen LogP contribution in [0.3, 0.4) is 0 Å². The predicted octanol–water partition coefficient (Wildman–Crippen LogP) is 3.97. The van der Waals surface area contributed by atoms with E-state index in [0.717, 1.165) is 24.4 Å². The normalized spacial score (nSPS) is 17.7. The summed E-state index contributed by atoms with van der Waals surface area (Å²) in [6, 6.07) is 12.6. The molecular weight excluding hydrogens is 426 g/mol. The van der Waals surface area contributed by atoms with Gasteiger partial charge in [-0.15, -0.1) is 0 Å². The highest BCUT2D eigenvalue weighted by atomic mass is 35.5. The number of nitrogens with zero attached hydrogens (tertiary/aromatic N) is 3. The largest absolute Gasteiger partial charge is 0.491 e. The smallest absolute Gasteiger partial charge is 0.282 e. The third-order valence-corrected chi connectivity index (χ3v) is 6.21. The molecule has 1 saturated heterocycles. The second-order valence-corrected chi connectivity index (χ2v) is 8.99. The van der Waals surface area contributed by atoms with Crippen LogP contribution in [0, 0.1) is 6.92 Å². The van der Waals surface area contributed by atoms with Gasteiger partial charge in [0.05, 0.1) is 17.4 Å². The van der Waals surface area contributed by atoms with E-state index in [1.165, 1.54) is 4.90 Å². The summed E-state index contributed by atoms with van der Waals surface area (Å²) < 4.78 is 5.74. The molecule has 2 aromatic carbocycles. The molecule has 0 unspecified atom stereocenters. The van der Waals surface area contributed by atoms with Crippen molar-refractivity contribution in [3.63, 3.8) is 0 Å². The molecule has 6 nitrogen and oxygen atoms in total. The minimum Gasteiger partial charge on any atom is -0.491 e. The molecule has 168 valence electrons. The maximum atomic E-state index is 13.6. The third-order valence-electron chi connectivity index (χ3n) is 5.81. The maximum Gasteiger partial charge on any atom is 0.282 e. The van der Waals surface area contributed by atoms with Crippen LogP contribution in [0.1, 0.15) is 25.0 Å². The summed E-state index contributed by atoms with van der Waals surface area (Å²) in [5, 5.41) is 0.521. The number of hydrogen-bond acceptors (Lipinski definition) is 5. The lowest BCUT2D eigenvalue weighted by Crippen LogP contribution is -2.46. The van der Waals surface area contributed by atoms with E-state index < -0.39 is 0 Å². The Morgan fingerprint density at radius 2 is 1.59 bits per heavy atom. The first-order chi connectivity index (χ1) is 15.3. The van der Waals surface area contributed by atoms with Crippen LogP contribution in [-0.4, -0.2) is 60.9 Å². The molecule has 0 radical (unpaired) electrons. The first kappa shape index (κ1) is 22.4. The van der Waals surface area contributed by atoms with E-state index in [0.29, 0.717) is 40.6 Å². The van der Waals surface area contributed by atoms with E-state index in [-0.39, 0.29) is 17.9 Å². The molecule has 0 spiro atoms. The Kier molecular flexibility index (Phi) is 6.26. The monoisotopic (exact) mass is 453 g/mol. The van der Waals surface area contributed by atoms with E-state index in [9.17, 15) is 9.59 Å². The summed E-state index contributed by atoms with van der Waals surface area (Å²) in [4.78, 5) is 32.7. The molecule has 4 rings (SSSR count). The summed E-state index contributed by atoms with van der Waals surface area (Å²) in [5.74, 6) is 0.0859. The standard InChI is InChI=1S/C25H28ClN3O3/c1-16(2)32-20-9-6-18(7-10-20)22-23(28-13-11-27(4)12-14-28)25(31)29(24(22)30)19-8-5-17(3)21(26)15-19/h5-10,15-16H,11-14H2,1-4H3. The zero-order valence-electron chi connectivity index (χ0n) is 18.9. The van der Waals surface area contributed by atoms with Gasteiger partial charge in [-0.1, -0.05) is 29.8 Å². The van der Waals surface area contributed by atoms with Crippen molar-refractivity contribution in [3.8, 4) is 5.75 Å². The van der Waals surface area contributed by atoms with Crippen molar-refractivity contribution in [2.45, 2.75) is 26.9 Å². The molecule has 2 heterocycles. The number of carbonyl (C=O) groups excluding carboxylic acids is 2. The number of piperazine rings is 1. The number of anilines is 1. The number of amides is 2. The van der Waals surface area contributed by atoms with Gasteiger partial charge in [-0.05, 0) is 63.2 Å². The fraction of sp³-hybridized carbons (Fsp3) is 0.360. The number of halogens is 1. The van der Waals surface area contributed by atoms with E-state index in [1.807, 2.05) is 56.0 Å². The van der Waals surface area contributed by atoms with Gasteiger partial charge in [-0.2, -0.15) is 0 Å². The topological polar surface area (TPSA) is 53.1 Å². The molecule has 0 atom stereocenters. The Morgan fingerprint density at radius 3 is 2.19 bits per heavy atom. The Hall–Kier alpha value is -2.83. The second kappa shape index (κ2) is 8.96. The molecule has 0 bridgehead atoms. The average Bonchev–Trinajstić information content (AvgIpc) is 3.01. The maximum absolute atomic E-state index is 13.6. The molecule has 2 aliphatic rings. The molecule has 32 heavy (non-hydrogen) atoms. The van der Waals surface area contributed by atoms with Crippen molar-refractivity contribution >= 4 is 34.7 Å². The van der Waals surface area contributed by atoms with Gasteiger partial charge in [0.25, 0.3) is 11.8 Å². The molecule has 0 saturated carbocycles. The Labute approximate surface area is 194 Å². The number of aryl methyl sites for hydroxylation is 1. The van der Waals surface area contributed by atoms with E-state index in [4.69, 9.17) is 16.3 Å². The quantitative estimate of drug-likeness (QED) is 0.641. The lowest BCUT2D eigenvalue weighted by molar-refractivity contribution is -0.120.